The van der Waals surface area contributed by atoms with Crippen molar-refractivity contribution in [2.24, 2.45) is 0 Å². The third kappa shape index (κ3) is 3.67. The maximum atomic E-state index is 12.8. The Bertz CT molecular complexity index is 622. The lowest BCUT2D eigenvalue weighted by Crippen LogP contribution is -2.22. The van der Waals surface area contributed by atoms with Crippen molar-refractivity contribution in [3.63, 3.8) is 0 Å². The van der Waals surface area contributed by atoms with Crippen LogP contribution in [0.3, 0.4) is 0 Å². The molecule has 6 heteroatoms. The van der Waals surface area contributed by atoms with Crippen molar-refractivity contribution in [3.8, 4) is 0 Å². The van der Waals surface area contributed by atoms with E-state index in [1.807, 2.05) is 18.4 Å². The molecule has 114 valence electrons. The number of hydrogen-bond acceptors (Lipinski definition) is 2. The van der Waals surface area contributed by atoms with Crippen LogP contribution in [0.2, 0.25) is 0 Å². The first-order chi connectivity index (χ1) is 9.84. The van der Waals surface area contributed by atoms with Crippen LogP contribution in [0.4, 0.5) is 13.2 Å². The van der Waals surface area contributed by atoms with Crippen molar-refractivity contribution in [2.75, 3.05) is 6.54 Å². The third-order valence-corrected chi connectivity index (χ3v) is 5.16. The molecule has 0 saturated carbocycles. The topological polar surface area (TPSA) is 12.0 Å². The molecule has 1 N–H and O–H groups in total. The van der Waals surface area contributed by atoms with E-state index in [9.17, 15) is 13.2 Å². The summed E-state index contributed by atoms with van der Waals surface area (Å²) in [7, 11) is 0. The third-order valence-electron chi connectivity index (χ3n) is 3.22. The molecular weight excluding hydrogens is 363 g/mol. The van der Waals surface area contributed by atoms with Gasteiger partial charge >= 0.3 is 6.18 Å². The van der Waals surface area contributed by atoms with E-state index in [4.69, 9.17) is 0 Å². The van der Waals surface area contributed by atoms with Crippen LogP contribution in [0.1, 0.15) is 34.5 Å². The molecule has 2 rings (SSSR count). The van der Waals surface area contributed by atoms with Crippen LogP contribution in [0.5, 0.6) is 0 Å². The second-order valence-electron chi connectivity index (χ2n) is 4.69. The summed E-state index contributed by atoms with van der Waals surface area (Å²) >= 11 is 5.07. The summed E-state index contributed by atoms with van der Waals surface area (Å²) in [6, 6.07) is 5.77. The molecule has 0 bridgehead atoms. The standard InChI is InChI=1S/C15H15BrF3NS/c1-3-20-13(14-12(16)6-7-21-14)11-5-4-10(8-9(11)2)15(17,18)19/h4-8,13,20H,3H2,1-2H3. The summed E-state index contributed by atoms with van der Waals surface area (Å²) in [4.78, 5) is 1.07. The van der Waals surface area contributed by atoms with E-state index in [0.717, 1.165) is 27.5 Å². The number of halogens is 4. The van der Waals surface area contributed by atoms with Crippen molar-refractivity contribution < 1.29 is 13.2 Å². The highest BCUT2D eigenvalue weighted by molar-refractivity contribution is 9.10. The van der Waals surface area contributed by atoms with Gasteiger partial charge in [-0.25, -0.2) is 0 Å². The van der Waals surface area contributed by atoms with E-state index in [-0.39, 0.29) is 6.04 Å². The summed E-state index contributed by atoms with van der Waals surface area (Å²) in [6.07, 6.45) is -4.31. The van der Waals surface area contributed by atoms with Crippen molar-refractivity contribution >= 4 is 27.3 Å². The first kappa shape index (κ1) is 16.5. The fraction of sp³-hybridized carbons (Fsp3) is 0.333. The molecule has 1 aromatic carbocycles. The van der Waals surface area contributed by atoms with Crippen LogP contribution < -0.4 is 5.32 Å². The van der Waals surface area contributed by atoms with E-state index in [2.05, 4.69) is 21.2 Å². The predicted octanol–water partition coefficient (Wildman–Crippen LogP) is 5.54. The van der Waals surface area contributed by atoms with Crippen molar-refractivity contribution in [1.29, 1.82) is 0 Å². The van der Waals surface area contributed by atoms with Crippen LogP contribution in [0.15, 0.2) is 34.1 Å². The summed E-state index contributed by atoms with van der Waals surface area (Å²) in [6.45, 7) is 4.43. The molecule has 0 aliphatic rings. The number of rotatable bonds is 4. The van der Waals surface area contributed by atoms with Gasteiger partial charge < -0.3 is 5.32 Å². The van der Waals surface area contributed by atoms with Crippen molar-refractivity contribution in [2.45, 2.75) is 26.1 Å². The minimum absolute atomic E-state index is 0.105. The summed E-state index contributed by atoms with van der Waals surface area (Å²) in [5.41, 5.74) is 0.897. The van der Waals surface area contributed by atoms with E-state index in [1.165, 1.54) is 6.07 Å². The normalized spacial score (nSPS) is 13.4. The molecule has 0 spiro atoms. The predicted molar refractivity (Wildman–Crippen MR) is 83.7 cm³/mol. The van der Waals surface area contributed by atoms with Gasteiger partial charge in [0.15, 0.2) is 0 Å². The molecular formula is C15H15BrF3NS. The Morgan fingerprint density at radius 2 is 2.00 bits per heavy atom. The molecule has 0 radical (unpaired) electrons. The van der Waals surface area contributed by atoms with Crippen LogP contribution in [-0.4, -0.2) is 6.54 Å². The maximum absolute atomic E-state index is 12.8. The molecule has 1 aromatic heterocycles. The summed E-state index contributed by atoms with van der Waals surface area (Å²) in [5.74, 6) is 0. The minimum Gasteiger partial charge on any atom is -0.306 e. The minimum atomic E-state index is -4.31. The number of hydrogen-bond donors (Lipinski definition) is 1. The van der Waals surface area contributed by atoms with E-state index in [1.54, 1.807) is 24.3 Å². The van der Waals surface area contributed by atoms with Crippen molar-refractivity contribution in [3.05, 3.63) is 55.7 Å². The molecule has 0 saturated heterocycles. The number of nitrogens with one attached hydrogen (secondary N) is 1. The quantitative estimate of drug-likeness (QED) is 0.737. The largest absolute Gasteiger partial charge is 0.416 e. The molecule has 1 unspecified atom stereocenters. The van der Waals surface area contributed by atoms with Crippen LogP contribution in [-0.2, 0) is 6.18 Å². The monoisotopic (exact) mass is 377 g/mol. The van der Waals surface area contributed by atoms with Gasteiger partial charge in [0.1, 0.15) is 0 Å². The Labute approximate surface area is 134 Å². The molecule has 0 amide bonds. The van der Waals surface area contributed by atoms with Gasteiger partial charge in [-0.3, -0.25) is 0 Å². The number of aryl methyl sites for hydroxylation is 1. The second-order valence-corrected chi connectivity index (χ2v) is 6.49. The molecule has 0 aliphatic carbocycles. The Balaban J connectivity index is 2.45. The zero-order chi connectivity index (χ0) is 15.6. The number of thiophene rings is 1. The molecule has 2 aromatic rings. The van der Waals surface area contributed by atoms with Crippen molar-refractivity contribution in [1.82, 2.24) is 5.32 Å². The van der Waals surface area contributed by atoms with E-state index < -0.39 is 11.7 Å². The van der Waals surface area contributed by atoms with Gasteiger partial charge in [0, 0.05) is 9.35 Å². The maximum Gasteiger partial charge on any atom is 0.416 e. The average Bonchev–Trinajstić information content (AvgIpc) is 2.81. The Hall–Kier alpha value is -0.850. The highest BCUT2D eigenvalue weighted by Crippen LogP contribution is 2.36. The van der Waals surface area contributed by atoms with Gasteiger partial charge in [0.2, 0.25) is 0 Å². The number of benzene rings is 1. The zero-order valence-electron chi connectivity index (χ0n) is 11.6. The Morgan fingerprint density at radius 1 is 1.29 bits per heavy atom. The molecule has 21 heavy (non-hydrogen) atoms. The lowest BCUT2D eigenvalue weighted by Gasteiger charge is -2.21. The molecule has 0 fully saturated rings. The first-order valence-corrected chi connectivity index (χ1v) is 8.16. The van der Waals surface area contributed by atoms with Crippen LogP contribution >= 0.6 is 27.3 Å². The molecule has 0 aliphatic heterocycles. The Kier molecular flexibility index (Phi) is 5.11. The lowest BCUT2D eigenvalue weighted by molar-refractivity contribution is -0.137. The second kappa shape index (κ2) is 6.50. The highest BCUT2D eigenvalue weighted by atomic mass is 79.9. The zero-order valence-corrected chi connectivity index (χ0v) is 14.0. The highest BCUT2D eigenvalue weighted by Gasteiger charge is 2.31. The average molecular weight is 378 g/mol. The van der Waals surface area contributed by atoms with E-state index >= 15 is 0 Å². The SMILES string of the molecule is CCNC(c1ccc(C(F)(F)F)cc1C)c1sccc1Br. The lowest BCUT2D eigenvalue weighted by atomic mass is 9.97. The smallest absolute Gasteiger partial charge is 0.306 e. The summed E-state index contributed by atoms with van der Waals surface area (Å²) in [5, 5.41) is 5.30. The summed E-state index contributed by atoms with van der Waals surface area (Å²) < 4.78 is 39.3. The van der Waals surface area contributed by atoms with Gasteiger partial charge in [-0.2, -0.15) is 13.2 Å². The van der Waals surface area contributed by atoms with Crippen LogP contribution in [0, 0.1) is 6.92 Å². The molecule has 1 nitrogen and oxygen atoms in total. The van der Waals surface area contributed by atoms with Gasteiger partial charge in [0.25, 0.3) is 0 Å². The first-order valence-electron chi connectivity index (χ1n) is 6.48. The van der Waals surface area contributed by atoms with Gasteiger partial charge in [-0.15, -0.1) is 11.3 Å². The number of alkyl halides is 3. The Morgan fingerprint density at radius 3 is 2.48 bits per heavy atom. The molecule has 1 atom stereocenters. The molecule has 1 heterocycles. The fourth-order valence-corrected chi connectivity index (χ4v) is 3.93. The van der Waals surface area contributed by atoms with Crippen LogP contribution in [0.25, 0.3) is 0 Å². The van der Waals surface area contributed by atoms with E-state index in [0.29, 0.717) is 5.56 Å². The van der Waals surface area contributed by atoms with Gasteiger partial charge in [-0.1, -0.05) is 13.0 Å². The van der Waals surface area contributed by atoms with Gasteiger partial charge in [-0.05, 0) is 64.1 Å². The fourth-order valence-electron chi connectivity index (χ4n) is 2.24. The van der Waals surface area contributed by atoms with Gasteiger partial charge in [0.05, 0.1) is 11.6 Å².